The first kappa shape index (κ1) is 9.12. The zero-order valence-corrected chi connectivity index (χ0v) is 7.83. The van der Waals surface area contributed by atoms with Gasteiger partial charge in [-0.1, -0.05) is 15.9 Å². The fraction of sp³-hybridized carbons (Fsp3) is 0.286. The molecule has 0 aromatic carbocycles. The highest BCUT2D eigenvalue weighted by molar-refractivity contribution is 9.10. The zero-order chi connectivity index (χ0) is 9.30. The van der Waals surface area contributed by atoms with Crippen LogP contribution < -0.4 is 0 Å². The van der Waals surface area contributed by atoms with Crippen LogP contribution in [-0.2, 0) is 9.59 Å². The average molecular weight is 232 g/mol. The topological polar surface area (TPSA) is 66.7 Å². The first-order chi connectivity index (χ1) is 5.54. The third-order valence-electron chi connectivity index (χ3n) is 1.49. The highest BCUT2D eigenvalue weighted by atomic mass is 79.9. The predicted octanol–water partition coefficient (Wildman–Crippen LogP) is 0.762. The molecule has 1 heterocycles. The van der Waals surface area contributed by atoms with Gasteiger partial charge in [0.05, 0.1) is 0 Å². The Hall–Kier alpha value is -0.970. The lowest BCUT2D eigenvalue weighted by molar-refractivity contribution is -0.134. The number of alkyl halides is 1. The predicted molar refractivity (Wildman–Crippen MR) is 46.5 cm³/mol. The number of carboxylic acids is 1. The molecule has 1 aliphatic rings. The number of halogens is 1. The lowest BCUT2D eigenvalue weighted by Gasteiger charge is -2.11. The summed E-state index contributed by atoms with van der Waals surface area (Å²) in [5.74, 6) is -1.68. The van der Waals surface area contributed by atoms with Gasteiger partial charge in [-0.25, -0.2) is 4.79 Å². The fourth-order valence-corrected chi connectivity index (χ4v) is 1.15. The van der Waals surface area contributed by atoms with Gasteiger partial charge in [0.2, 0.25) is 0 Å². The minimum Gasteiger partial charge on any atom is -0.478 e. The molecule has 0 spiro atoms. The van der Waals surface area contributed by atoms with Crippen molar-refractivity contribution >= 4 is 33.4 Å². The molecule has 12 heavy (non-hydrogen) atoms. The van der Waals surface area contributed by atoms with E-state index in [-0.39, 0.29) is 5.57 Å². The van der Waals surface area contributed by atoms with Crippen molar-refractivity contribution in [3.63, 3.8) is 0 Å². The van der Waals surface area contributed by atoms with E-state index in [1.165, 1.54) is 0 Å². The van der Waals surface area contributed by atoms with Gasteiger partial charge in [0.25, 0.3) is 0 Å². The highest BCUT2D eigenvalue weighted by Gasteiger charge is 2.28. The van der Waals surface area contributed by atoms with E-state index in [0.29, 0.717) is 5.71 Å². The number of Topliss-reactive ketones (excluding diaryl/α,β-unsaturated/α-hetero) is 1. The molecule has 4 nitrogen and oxygen atoms in total. The number of carbonyl (C=O) groups is 2. The number of aliphatic carboxylic acids is 1. The largest absolute Gasteiger partial charge is 0.478 e. The normalized spacial score (nSPS) is 23.2. The van der Waals surface area contributed by atoms with Gasteiger partial charge >= 0.3 is 5.97 Å². The van der Waals surface area contributed by atoms with Gasteiger partial charge in [-0.2, -0.15) is 0 Å². The molecule has 1 rings (SSSR count). The highest BCUT2D eigenvalue weighted by Crippen LogP contribution is 2.15. The Morgan fingerprint density at radius 3 is 2.83 bits per heavy atom. The number of carbonyl (C=O) groups excluding carboxylic acids is 1. The van der Waals surface area contributed by atoms with Crippen LogP contribution in [-0.4, -0.2) is 27.4 Å². The standard InChI is InChI=1S/C7H6BrNO3/c1-3-5(8)6(10)4(2-9-3)7(11)12/h2,5H,1H3,(H,11,12). The molecule has 0 aliphatic carbocycles. The first-order valence-corrected chi connectivity index (χ1v) is 4.11. The number of ketones is 1. The summed E-state index contributed by atoms with van der Waals surface area (Å²) in [4.78, 5) is 24.8. The van der Waals surface area contributed by atoms with Crippen molar-refractivity contribution in [2.45, 2.75) is 11.8 Å². The van der Waals surface area contributed by atoms with Crippen molar-refractivity contribution in [2.24, 2.45) is 4.99 Å². The molecule has 0 aromatic heterocycles. The Kier molecular flexibility index (Phi) is 2.42. The van der Waals surface area contributed by atoms with Crippen LogP contribution in [0.3, 0.4) is 0 Å². The van der Waals surface area contributed by atoms with E-state index < -0.39 is 16.6 Å². The summed E-state index contributed by atoms with van der Waals surface area (Å²) < 4.78 is 0. The molecule has 0 radical (unpaired) electrons. The molecule has 1 atom stereocenters. The van der Waals surface area contributed by atoms with Crippen molar-refractivity contribution in [2.75, 3.05) is 0 Å². The third-order valence-corrected chi connectivity index (χ3v) is 2.57. The number of nitrogens with zero attached hydrogens (tertiary/aromatic N) is 1. The van der Waals surface area contributed by atoms with Gasteiger partial charge in [0.15, 0.2) is 5.78 Å². The van der Waals surface area contributed by atoms with Crippen molar-refractivity contribution in [1.82, 2.24) is 0 Å². The minimum absolute atomic E-state index is 0.275. The Balaban J connectivity index is 3.06. The minimum atomic E-state index is -1.24. The van der Waals surface area contributed by atoms with Crippen LogP contribution >= 0.6 is 15.9 Å². The molecule has 1 N–H and O–H groups in total. The van der Waals surface area contributed by atoms with E-state index in [4.69, 9.17) is 5.11 Å². The Morgan fingerprint density at radius 1 is 1.75 bits per heavy atom. The van der Waals surface area contributed by atoms with Gasteiger partial charge in [-0.05, 0) is 6.92 Å². The summed E-state index contributed by atoms with van der Waals surface area (Å²) in [6.07, 6.45) is 1.08. The molecular formula is C7H6BrNO3. The molecule has 64 valence electrons. The maximum absolute atomic E-state index is 11.2. The molecule has 1 unspecified atom stereocenters. The van der Waals surface area contributed by atoms with Crippen LogP contribution in [0.4, 0.5) is 0 Å². The van der Waals surface area contributed by atoms with Gasteiger partial charge < -0.3 is 5.11 Å². The smallest absolute Gasteiger partial charge is 0.340 e. The van der Waals surface area contributed by atoms with Crippen LogP contribution in [0.1, 0.15) is 6.92 Å². The van der Waals surface area contributed by atoms with Crippen molar-refractivity contribution in [1.29, 1.82) is 0 Å². The maximum atomic E-state index is 11.2. The number of hydrogen-bond donors (Lipinski definition) is 1. The quantitative estimate of drug-likeness (QED) is 0.536. The lowest BCUT2D eigenvalue weighted by atomic mass is 10.1. The van der Waals surface area contributed by atoms with E-state index >= 15 is 0 Å². The first-order valence-electron chi connectivity index (χ1n) is 3.20. The number of aliphatic imine (C=N–C) groups is 1. The summed E-state index contributed by atoms with van der Waals surface area (Å²) in [5, 5.41) is 8.53. The van der Waals surface area contributed by atoms with E-state index in [1.54, 1.807) is 6.92 Å². The molecule has 0 saturated heterocycles. The maximum Gasteiger partial charge on any atom is 0.340 e. The summed E-state index contributed by atoms with van der Waals surface area (Å²) in [7, 11) is 0. The number of rotatable bonds is 1. The van der Waals surface area contributed by atoms with Crippen molar-refractivity contribution < 1.29 is 14.7 Å². The second-order valence-electron chi connectivity index (χ2n) is 2.35. The molecule has 5 heteroatoms. The third kappa shape index (κ3) is 1.45. The SMILES string of the molecule is CC1=NC=C(C(=O)O)C(=O)C1Br. The fourth-order valence-electron chi connectivity index (χ4n) is 0.782. The molecule has 0 aromatic rings. The van der Waals surface area contributed by atoms with Crippen LogP contribution in [0.5, 0.6) is 0 Å². The molecule has 1 aliphatic heterocycles. The molecule has 0 amide bonds. The monoisotopic (exact) mass is 231 g/mol. The van der Waals surface area contributed by atoms with E-state index in [9.17, 15) is 9.59 Å². The van der Waals surface area contributed by atoms with Gasteiger partial charge in [-0.15, -0.1) is 0 Å². The van der Waals surface area contributed by atoms with E-state index in [0.717, 1.165) is 6.20 Å². The van der Waals surface area contributed by atoms with E-state index in [1.807, 2.05) is 0 Å². The summed E-state index contributed by atoms with van der Waals surface area (Å²) in [6, 6.07) is 0. The number of hydrogen-bond acceptors (Lipinski definition) is 3. The van der Waals surface area contributed by atoms with Crippen molar-refractivity contribution in [3.8, 4) is 0 Å². The van der Waals surface area contributed by atoms with Crippen LogP contribution in [0.15, 0.2) is 16.8 Å². The van der Waals surface area contributed by atoms with Crippen LogP contribution in [0.25, 0.3) is 0 Å². The molecule has 0 saturated carbocycles. The van der Waals surface area contributed by atoms with Crippen LogP contribution in [0, 0.1) is 0 Å². The summed E-state index contributed by atoms with van der Waals surface area (Å²) >= 11 is 3.04. The Labute approximate surface area is 77.1 Å². The summed E-state index contributed by atoms with van der Waals surface area (Å²) in [5.41, 5.74) is 0.299. The second kappa shape index (κ2) is 3.18. The Morgan fingerprint density at radius 2 is 2.33 bits per heavy atom. The average Bonchev–Trinajstić information content (AvgIpc) is 2.00. The molecule has 0 fully saturated rings. The van der Waals surface area contributed by atoms with Gasteiger partial charge in [0.1, 0.15) is 10.4 Å². The molecule has 0 bridgehead atoms. The van der Waals surface area contributed by atoms with Crippen molar-refractivity contribution in [3.05, 3.63) is 11.8 Å². The Bertz CT molecular complexity index is 306. The van der Waals surface area contributed by atoms with Crippen LogP contribution in [0.2, 0.25) is 0 Å². The molecular weight excluding hydrogens is 226 g/mol. The lowest BCUT2D eigenvalue weighted by Crippen LogP contribution is -2.29. The van der Waals surface area contributed by atoms with Gasteiger partial charge in [0, 0.05) is 11.9 Å². The van der Waals surface area contributed by atoms with E-state index in [2.05, 4.69) is 20.9 Å². The second-order valence-corrected chi connectivity index (χ2v) is 3.26. The van der Waals surface area contributed by atoms with Gasteiger partial charge in [-0.3, -0.25) is 9.79 Å². The zero-order valence-electron chi connectivity index (χ0n) is 6.24. The number of carboxylic acid groups (broad SMARTS) is 1. The summed E-state index contributed by atoms with van der Waals surface area (Å²) in [6.45, 7) is 1.66.